The molecule has 0 spiro atoms. The Balaban J connectivity index is 0.000000749. The van der Waals surface area contributed by atoms with Crippen LogP contribution in [0.3, 0.4) is 0 Å². The van der Waals surface area contributed by atoms with Crippen LogP contribution < -0.4 is 11.5 Å². The van der Waals surface area contributed by atoms with Crippen molar-refractivity contribution in [3.05, 3.63) is 24.3 Å². The summed E-state index contributed by atoms with van der Waals surface area (Å²) in [5.41, 5.74) is 12.2. The summed E-state index contributed by atoms with van der Waals surface area (Å²) in [6, 6.07) is 7.15. The highest BCUT2D eigenvalue weighted by Crippen LogP contribution is 2.13. The summed E-state index contributed by atoms with van der Waals surface area (Å²) in [5, 5.41) is 0. The number of nitrogens with two attached hydrogens (primary N) is 2. The van der Waals surface area contributed by atoms with Crippen LogP contribution in [0.5, 0.6) is 0 Å². The highest BCUT2D eigenvalue weighted by atomic mass is 15.3. The standard InChI is InChI=1S/C19H42N.C6H8N2/c1-5-6-7-8-9-10-11-12-13-14-15-16-17-18-19-20(2,3)4;7-5-2-1-3-6(8)4-5/h5-19H2,1-4H3;1-4H,7-8H2/q+1;. The van der Waals surface area contributed by atoms with Gasteiger partial charge in [-0.15, -0.1) is 0 Å². The van der Waals surface area contributed by atoms with Gasteiger partial charge in [0.25, 0.3) is 0 Å². The van der Waals surface area contributed by atoms with Gasteiger partial charge in [-0.2, -0.15) is 0 Å². The van der Waals surface area contributed by atoms with E-state index < -0.39 is 0 Å². The molecule has 4 N–H and O–H groups in total. The summed E-state index contributed by atoms with van der Waals surface area (Å²) in [6.45, 7) is 3.63. The molecule has 0 unspecified atom stereocenters. The Bertz CT molecular complexity index is 434. The molecule has 1 aromatic rings. The molecule has 1 aromatic carbocycles. The predicted molar refractivity (Wildman–Crippen MR) is 128 cm³/mol. The second kappa shape index (κ2) is 17.8. The van der Waals surface area contributed by atoms with Crippen molar-refractivity contribution >= 4 is 11.4 Å². The summed E-state index contributed by atoms with van der Waals surface area (Å²) in [7, 11) is 6.88. The summed E-state index contributed by atoms with van der Waals surface area (Å²) in [5.74, 6) is 0. The molecule has 3 heteroatoms. The fourth-order valence-corrected chi connectivity index (χ4v) is 3.34. The third-order valence-corrected chi connectivity index (χ3v) is 5.09. The summed E-state index contributed by atoms with van der Waals surface area (Å²) in [4.78, 5) is 0. The second-order valence-corrected chi connectivity index (χ2v) is 9.28. The van der Waals surface area contributed by atoms with E-state index in [0.717, 1.165) is 4.48 Å². The molecule has 0 radical (unpaired) electrons. The first-order valence-corrected chi connectivity index (χ1v) is 11.8. The molecular formula is C25H50N3+. The zero-order valence-corrected chi connectivity index (χ0v) is 19.5. The fourth-order valence-electron chi connectivity index (χ4n) is 3.34. The van der Waals surface area contributed by atoms with E-state index in [-0.39, 0.29) is 0 Å². The van der Waals surface area contributed by atoms with Gasteiger partial charge in [-0.25, -0.2) is 0 Å². The minimum atomic E-state index is 0.713. The van der Waals surface area contributed by atoms with Crippen molar-refractivity contribution in [3.8, 4) is 0 Å². The summed E-state index contributed by atoms with van der Waals surface area (Å²) in [6.07, 6.45) is 20.4. The lowest BCUT2D eigenvalue weighted by Gasteiger charge is -2.23. The van der Waals surface area contributed by atoms with Crippen LogP contribution in [0.2, 0.25) is 0 Å². The van der Waals surface area contributed by atoms with E-state index in [9.17, 15) is 0 Å². The predicted octanol–water partition coefficient (Wildman–Crippen LogP) is 7.02. The van der Waals surface area contributed by atoms with Crippen molar-refractivity contribution in [3.63, 3.8) is 0 Å². The molecule has 0 aliphatic heterocycles. The Morgan fingerprint density at radius 2 is 0.964 bits per heavy atom. The molecule has 0 amide bonds. The van der Waals surface area contributed by atoms with E-state index in [1.807, 2.05) is 6.07 Å². The molecule has 0 aliphatic rings. The number of unbranched alkanes of at least 4 members (excludes halogenated alkanes) is 13. The second-order valence-electron chi connectivity index (χ2n) is 9.28. The maximum absolute atomic E-state index is 5.38. The number of hydrogen-bond acceptors (Lipinski definition) is 2. The lowest BCUT2D eigenvalue weighted by Crippen LogP contribution is -2.35. The van der Waals surface area contributed by atoms with Crippen LogP contribution in [-0.2, 0) is 0 Å². The smallest absolute Gasteiger partial charge is 0.0780 e. The van der Waals surface area contributed by atoms with Gasteiger partial charge in [-0.1, -0.05) is 90.0 Å². The first-order chi connectivity index (χ1) is 13.3. The Kier molecular flexibility index (Phi) is 17.1. The lowest BCUT2D eigenvalue weighted by atomic mass is 10.0. The number of benzene rings is 1. The first-order valence-electron chi connectivity index (χ1n) is 11.8. The van der Waals surface area contributed by atoms with Crippen LogP contribution in [0, 0.1) is 0 Å². The van der Waals surface area contributed by atoms with Crippen molar-refractivity contribution in [1.29, 1.82) is 0 Å². The van der Waals surface area contributed by atoms with Gasteiger partial charge in [0.15, 0.2) is 0 Å². The van der Waals surface area contributed by atoms with Gasteiger partial charge >= 0.3 is 0 Å². The van der Waals surface area contributed by atoms with E-state index in [2.05, 4.69) is 28.1 Å². The molecule has 0 atom stereocenters. The maximum atomic E-state index is 5.38. The minimum Gasteiger partial charge on any atom is -0.399 e. The number of nitrogen functional groups attached to an aromatic ring is 2. The topological polar surface area (TPSA) is 52.0 Å². The number of anilines is 2. The highest BCUT2D eigenvalue weighted by molar-refractivity contribution is 5.50. The van der Waals surface area contributed by atoms with E-state index in [4.69, 9.17) is 11.5 Å². The molecule has 0 aromatic heterocycles. The van der Waals surface area contributed by atoms with E-state index >= 15 is 0 Å². The van der Waals surface area contributed by atoms with Crippen molar-refractivity contribution in [2.75, 3.05) is 39.2 Å². The summed E-state index contributed by atoms with van der Waals surface area (Å²) < 4.78 is 1.12. The number of nitrogens with zero attached hydrogens (tertiary/aromatic N) is 1. The molecule has 0 heterocycles. The first kappa shape index (κ1) is 26.8. The zero-order valence-electron chi connectivity index (χ0n) is 19.5. The van der Waals surface area contributed by atoms with Crippen LogP contribution >= 0.6 is 0 Å². The van der Waals surface area contributed by atoms with Crippen LogP contribution in [0.25, 0.3) is 0 Å². The van der Waals surface area contributed by atoms with Crippen LogP contribution in [0.15, 0.2) is 24.3 Å². The van der Waals surface area contributed by atoms with Crippen molar-refractivity contribution in [2.45, 2.75) is 96.8 Å². The average Bonchev–Trinajstić information content (AvgIpc) is 2.61. The van der Waals surface area contributed by atoms with Crippen LogP contribution in [0.1, 0.15) is 96.8 Å². The van der Waals surface area contributed by atoms with Gasteiger partial charge in [0.1, 0.15) is 0 Å². The van der Waals surface area contributed by atoms with Gasteiger partial charge in [-0.05, 0) is 31.0 Å². The van der Waals surface area contributed by atoms with Crippen molar-refractivity contribution in [2.24, 2.45) is 0 Å². The van der Waals surface area contributed by atoms with Crippen molar-refractivity contribution < 1.29 is 4.48 Å². The quantitative estimate of drug-likeness (QED) is 0.191. The van der Waals surface area contributed by atoms with E-state index in [1.54, 1.807) is 18.2 Å². The molecule has 28 heavy (non-hydrogen) atoms. The molecule has 164 valence electrons. The number of quaternary nitrogens is 1. The Morgan fingerprint density at radius 1 is 0.607 bits per heavy atom. The minimum absolute atomic E-state index is 0.713. The van der Waals surface area contributed by atoms with Crippen LogP contribution in [0.4, 0.5) is 11.4 Å². The van der Waals surface area contributed by atoms with Gasteiger partial charge in [0, 0.05) is 11.4 Å². The SMILES string of the molecule is CCCCCCCCCCCCCCCC[N+](C)(C)C.Nc1cccc(N)c1. The molecule has 0 aliphatic carbocycles. The Labute approximate surface area is 176 Å². The van der Waals surface area contributed by atoms with Crippen LogP contribution in [-0.4, -0.2) is 32.2 Å². The van der Waals surface area contributed by atoms with E-state index in [1.165, 1.54) is 96.4 Å². The molecular weight excluding hydrogens is 342 g/mol. The maximum Gasteiger partial charge on any atom is 0.0780 e. The summed E-state index contributed by atoms with van der Waals surface area (Å²) >= 11 is 0. The molecule has 0 saturated carbocycles. The monoisotopic (exact) mass is 392 g/mol. The molecule has 1 rings (SSSR count). The van der Waals surface area contributed by atoms with Gasteiger partial charge in [-0.3, -0.25) is 0 Å². The van der Waals surface area contributed by atoms with Gasteiger partial charge in [0.05, 0.1) is 27.7 Å². The third kappa shape index (κ3) is 21.1. The van der Waals surface area contributed by atoms with Crippen molar-refractivity contribution in [1.82, 2.24) is 0 Å². The number of rotatable bonds is 15. The lowest BCUT2D eigenvalue weighted by molar-refractivity contribution is -0.870. The van der Waals surface area contributed by atoms with E-state index in [0.29, 0.717) is 11.4 Å². The third-order valence-electron chi connectivity index (χ3n) is 5.09. The normalized spacial score (nSPS) is 11.1. The number of hydrogen-bond donors (Lipinski definition) is 2. The Morgan fingerprint density at radius 3 is 1.25 bits per heavy atom. The highest BCUT2D eigenvalue weighted by Gasteiger charge is 2.04. The van der Waals surface area contributed by atoms with Gasteiger partial charge in [0.2, 0.25) is 0 Å². The fraction of sp³-hybridized carbons (Fsp3) is 0.760. The average molecular weight is 393 g/mol. The van der Waals surface area contributed by atoms with Gasteiger partial charge < -0.3 is 16.0 Å². The molecule has 3 nitrogen and oxygen atoms in total. The molecule has 0 fully saturated rings. The zero-order chi connectivity index (χ0) is 21.1. The molecule has 0 bridgehead atoms. The molecule has 0 saturated heterocycles. The Hall–Kier alpha value is -1.22. The largest absolute Gasteiger partial charge is 0.399 e.